The number of piperidine rings is 1. The summed E-state index contributed by atoms with van der Waals surface area (Å²) in [6, 6.07) is 16.8. The second kappa shape index (κ2) is 11.1. The summed E-state index contributed by atoms with van der Waals surface area (Å²) in [5.41, 5.74) is 9.20. The van der Waals surface area contributed by atoms with Gasteiger partial charge in [-0.1, -0.05) is 48.0 Å². The van der Waals surface area contributed by atoms with Crippen LogP contribution >= 0.6 is 22.9 Å². The summed E-state index contributed by atoms with van der Waals surface area (Å²) in [6.45, 7) is 2.17. The number of benzene rings is 2. The molecule has 6 rings (SSSR count). The van der Waals surface area contributed by atoms with Crippen LogP contribution in [0.2, 0.25) is 4.34 Å². The van der Waals surface area contributed by atoms with E-state index in [0.717, 1.165) is 27.3 Å². The van der Waals surface area contributed by atoms with Crippen LogP contribution in [0.5, 0.6) is 0 Å². The molecule has 2 aromatic carbocycles. The molecule has 5 aromatic rings. The summed E-state index contributed by atoms with van der Waals surface area (Å²) >= 11 is 7.44. The zero-order chi connectivity index (χ0) is 28.7. The normalized spacial score (nSPS) is 15.5. The molecule has 0 bridgehead atoms. The van der Waals surface area contributed by atoms with E-state index in [1.165, 1.54) is 22.2 Å². The smallest absolute Gasteiger partial charge is 0.281 e. The number of likely N-dealkylation sites (tertiary alicyclic amines) is 1. The first kappa shape index (κ1) is 27.7. The van der Waals surface area contributed by atoms with Crippen molar-refractivity contribution in [1.29, 1.82) is 0 Å². The first-order chi connectivity index (χ1) is 19.7. The monoisotopic (exact) mass is 592 g/mol. The Morgan fingerprint density at radius 3 is 2.46 bits per heavy atom. The Morgan fingerprint density at radius 2 is 1.80 bits per heavy atom. The minimum Gasteiger partial charge on any atom is -0.388 e. The van der Waals surface area contributed by atoms with Crippen LogP contribution < -0.4 is 11.3 Å². The van der Waals surface area contributed by atoms with Gasteiger partial charge in [-0.05, 0) is 42.2 Å². The van der Waals surface area contributed by atoms with E-state index in [9.17, 15) is 14.3 Å². The molecule has 3 N–H and O–H groups in total. The maximum absolute atomic E-state index is 14.9. The molecule has 0 radical (unpaired) electrons. The highest BCUT2D eigenvalue weighted by Crippen LogP contribution is 2.33. The van der Waals surface area contributed by atoms with Gasteiger partial charge < -0.3 is 10.8 Å². The molecule has 1 saturated heterocycles. The van der Waals surface area contributed by atoms with Crippen LogP contribution in [0.25, 0.3) is 32.7 Å². The second-order valence-electron chi connectivity index (χ2n) is 10.7. The van der Waals surface area contributed by atoms with Crippen molar-refractivity contribution in [2.45, 2.75) is 38.1 Å². The first-order valence-electron chi connectivity index (χ1n) is 13.4. The number of hydrogen-bond acceptors (Lipinski definition) is 7. The summed E-state index contributed by atoms with van der Waals surface area (Å²) in [6.07, 6.45) is 2.39. The molecule has 1 aliphatic heterocycles. The van der Waals surface area contributed by atoms with Gasteiger partial charge >= 0.3 is 0 Å². The number of halogens is 2. The van der Waals surface area contributed by atoms with E-state index in [1.54, 1.807) is 23.9 Å². The van der Waals surface area contributed by atoms with Crippen LogP contribution in [0.3, 0.4) is 0 Å². The van der Waals surface area contributed by atoms with E-state index < -0.39 is 5.60 Å². The quantitative estimate of drug-likeness (QED) is 0.281. The molecule has 1 fully saturated rings. The number of rotatable bonds is 7. The molecule has 0 unspecified atom stereocenters. The molecule has 0 atom stereocenters. The van der Waals surface area contributed by atoms with Gasteiger partial charge in [-0.3, -0.25) is 18.9 Å². The number of thiophene rings is 1. The molecule has 4 heterocycles. The molecule has 0 amide bonds. The Morgan fingerprint density at radius 1 is 1.07 bits per heavy atom. The highest BCUT2D eigenvalue weighted by atomic mass is 35.5. The number of aryl methyl sites for hydroxylation is 1. The molecule has 0 saturated carbocycles. The fourth-order valence-electron chi connectivity index (χ4n) is 5.47. The van der Waals surface area contributed by atoms with Gasteiger partial charge in [0.15, 0.2) is 5.52 Å². The minimum atomic E-state index is -1.08. The lowest BCUT2D eigenvalue weighted by Crippen LogP contribution is -2.47. The lowest BCUT2D eigenvalue weighted by atomic mass is 9.91. The van der Waals surface area contributed by atoms with E-state index in [2.05, 4.69) is 15.0 Å². The minimum absolute atomic E-state index is 0.117. The van der Waals surface area contributed by atoms with Crippen molar-refractivity contribution >= 4 is 34.0 Å². The van der Waals surface area contributed by atoms with Gasteiger partial charge in [0, 0.05) is 49.2 Å². The molecular weight excluding hydrogens is 563 g/mol. The molecule has 0 spiro atoms. The Labute approximate surface area is 245 Å². The Kier molecular flexibility index (Phi) is 7.52. The Balaban J connectivity index is 1.14. The van der Waals surface area contributed by atoms with E-state index in [-0.39, 0.29) is 23.4 Å². The van der Waals surface area contributed by atoms with Crippen LogP contribution in [0.1, 0.15) is 24.0 Å². The predicted molar refractivity (Wildman–Crippen MR) is 160 cm³/mol. The fraction of sp³-hybridized carbons (Fsp3) is 0.300. The van der Waals surface area contributed by atoms with E-state index in [0.29, 0.717) is 54.4 Å². The summed E-state index contributed by atoms with van der Waals surface area (Å²) < 4.78 is 18.7. The van der Waals surface area contributed by atoms with Crippen LogP contribution in [0.4, 0.5) is 4.39 Å². The average Bonchev–Trinajstić information content (AvgIpc) is 3.55. The zero-order valence-electron chi connectivity index (χ0n) is 22.6. The van der Waals surface area contributed by atoms with Crippen LogP contribution in [0, 0.1) is 5.82 Å². The lowest BCUT2D eigenvalue weighted by molar-refractivity contribution is -0.0366. The van der Waals surface area contributed by atoms with Gasteiger partial charge in [0.2, 0.25) is 0 Å². The molecule has 0 aliphatic carbocycles. The van der Waals surface area contributed by atoms with Gasteiger partial charge in [0.1, 0.15) is 11.3 Å². The number of aromatic nitrogens is 4. The number of fused-ring (bicyclic) bond motifs is 1. The molecule has 3 aromatic heterocycles. The van der Waals surface area contributed by atoms with Gasteiger partial charge in [-0.2, -0.15) is 5.10 Å². The Hall–Kier alpha value is -3.41. The maximum Gasteiger partial charge on any atom is 0.281 e. The number of nitrogens with two attached hydrogens (primary N) is 1. The van der Waals surface area contributed by atoms with Crippen molar-refractivity contribution in [3.63, 3.8) is 0 Å². The third-order valence-electron chi connectivity index (χ3n) is 7.83. The highest BCUT2D eigenvalue weighted by molar-refractivity contribution is 7.19. The van der Waals surface area contributed by atoms with Gasteiger partial charge in [-0.15, -0.1) is 11.3 Å². The van der Waals surface area contributed by atoms with Crippen molar-refractivity contribution < 1.29 is 9.50 Å². The predicted octanol–water partition coefficient (Wildman–Crippen LogP) is 4.80. The molecule has 8 nitrogen and oxygen atoms in total. The van der Waals surface area contributed by atoms with Crippen LogP contribution in [-0.2, 0) is 26.7 Å². The molecular formula is C30H30ClFN6O2S. The second-order valence-corrected chi connectivity index (χ2v) is 12.4. The molecule has 41 heavy (non-hydrogen) atoms. The fourth-order valence-corrected chi connectivity index (χ4v) is 6.51. The molecule has 11 heteroatoms. The molecule has 212 valence electrons. The largest absolute Gasteiger partial charge is 0.388 e. The number of aliphatic hydroxyl groups is 1. The van der Waals surface area contributed by atoms with Crippen molar-refractivity contribution in [1.82, 2.24) is 24.2 Å². The Bertz CT molecular complexity index is 1770. The van der Waals surface area contributed by atoms with Crippen LogP contribution in [0.15, 0.2) is 65.7 Å². The third kappa shape index (κ3) is 5.58. The van der Waals surface area contributed by atoms with Gasteiger partial charge in [-0.25, -0.2) is 9.37 Å². The van der Waals surface area contributed by atoms with E-state index in [1.807, 2.05) is 42.5 Å². The zero-order valence-corrected chi connectivity index (χ0v) is 24.1. The number of hydrogen-bond donors (Lipinski definition) is 2. The van der Waals surface area contributed by atoms with Gasteiger partial charge in [0.25, 0.3) is 5.56 Å². The maximum atomic E-state index is 14.9. The topological polar surface area (TPSA) is 102 Å². The van der Waals surface area contributed by atoms with Gasteiger partial charge in [0.05, 0.1) is 28.5 Å². The SMILES string of the molecule is Cn1nc2c(=O)n(CC3(O)CCN(Cc4ccc(-c5ccc(Cl)s5)cc4F)CC3)cnc2c1-c1ccc(CN)cc1. The van der Waals surface area contributed by atoms with Crippen molar-refractivity contribution in [2.24, 2.45) is 12.8 Å². The summed E-state index contributed by atoms with van der Waals surface area (Å²) in [5.74, 6) is -0.260. The molecule has 1 aliphatic rings. The highest BCUT2D eigenvalue weighted by Gasteiger charge is 2.33. The van der Waals surface area contributed by atoms with Crippen molar-refractivity contribution in [3.8, 4) is 21.7 Å². The summed E-state index contributed by atoms with van der Waals surface area (Å²) in [7, 11) is 1.79. The van der Waals surface area contributed by atoms with E-state index >= 15 is 0 Å². The standard InChI is InChI=1S/C30H30ClFN6O2S/c1-36-28(20-4-2-19(15-33)3-5-20)26-27(35-36)29(39)38(18-34-26)17-30(40)10-12-37(13-11-30)16-22-7-6-21(14-23(22)32)24-8-9-25(31)41-24/h2-9,14,18,40H,10-13,15-17,33H2,1H3. The van der Waals surface area contributed by atoms with E-state index in [4.69, 9.17) is 17.3 Å². The van der Waals surface area contributed by atoms with Crippen LogP contribution in [-0.4, -0.2) is 48.0 Å². The third-order valence-corrected chi connectivity index (χ3v) is 9.11. The summed E-state index contributed by atoms with van der Waals surface area (Å²) in [5, 5.41) is 15.8. The number of nitrogens with zero attached hydrogens (tertiary/aromatic N) is 5. The first-order valence-corrected chi connectivity index (χ1v) is 14.6. The summed E-state index contributed by atoms with van der Waals surface area (Å²) in [4.78, 5) is 21.0. The van der Waals surface area contributed by atoms with Crippen molar-refractivity contribution in [2.75, 3.05) is 13.1 Å². The van der Waals surface area contributed by atoms with Crippen molar-refractivity contribution in [3.05, 3.63) is 92.6 Å². The lowest BCUT2D eigenvalue weighted by Gasteiger charge is -2.38. The average molecular weight is 593 g/mol.